The normalized spacial score (nSPS) is 10.8. The molecule has 0 atom stereocenters. The summed E-state index contributed by atoms with van der Waals surface area (Å²) < 4.78 is 3.26. The summed E-state index contributed by atoms with van der Waals surface area (Å²) in [7, 11) is 1.81. The Kier molecular flexibility index (Phi) is 2.82. The Hall–Kier alpha value is -1.19. The summed E-state index contributed by atoms with van der Waals surface area (Å²) in [6.45, 7) is 1.86. The summed E-state index contributed by atoms with van der Waals surface area (Å²) in [5.74, 6) is 0. The predicted octanol–water partition coefficient (Wildman–Crippen LogP) is 2.79. The smallest absolute Gasteiger partial charge is 0.271 e. The molecule has 0 fully saturated rings. The highest BCUT2D eigenvalue weighted by Crippen LogP contribution is 2.23. The van der Waals surface area contributed by atoms with Crippen molar-refractivity contribution in [1.82, 2.24) is 9.36 Å². The highest BCUT2D eigenvalue weighted by atomic mass is 35.5. The molecule has 0 unspecified atom stereocenters. The average molecular weight is 257 g/mol. The number of benzene rings is 1. The van der Waals surface area contributed by atoms with Crippen LogP contribution in [0.15, 0.2) is 29.1 Å². The maximum atomic E-state index is 11.7. The van der Waals surface area contributed by atoms with Gasteiger partial charge in [0.25, 0.3) is 5.56 Å². The predicted molar refractivity (Wildman–Crippen MR) is 65.8 cm³/mol. The third kappa shape index (κ3) is 1.77. The Morgan fingerprint density at radius 2 is 1.88 bits per heavy atom. The van der Waals surface area contributed by atoms with Gasteiger partial charge in [0.2, 0.25) is 0 Å². The molecule has 0 saturated heterocycles. The molecule has 0 aliphatic carbocycles. The largest absolute Gasteiger partial charge is 0.285 e. The van der Waals surface area contributed by atoms with Crippen LogP contribution in [0.5, 0.6) is 0 Å². The van der Waals surface area contributed by atoms with Crippen molar-refractivity contribution in [2.45, 2.75) is 6.92 Å². The van der Waals surface area contributed by atoms with E-state index in [0.717, 1.165) is 5.69 Å². The summed E-state index contributed by atoms with van der Waals surface area (Å²) in [6, 6.07) is 6.61. The number of aryl methyl sites for hydroxylation is 1. The van der Waals surface area contributed by atoms with E-state index in [2.05, 4.69) is 0 Å². The standard InChI is InChI=1S/C11H10Cl2N2O/c1-7-5-11(16)15(14(7)2)10-4-3-8(12)6-9(10)13/h3-6H,1-2H3. The molecule has 0 radical (unpaired) electrons. The van der Waals surface area contributed by atoms with E-state index in [-0.39, 0.29) is 5.56 Å². The molecule has 1 heterocycles. The highest BCUT2D eigenvalue weighted by Gasteiger charge is 2.10. The second-order valence-electron chi connectivity index (χ2n) is 3.56. The molecule has 0 saturated carbocycles. The monoisotopic (exact) mass is 256 g/mol. The van der Waals surface area contributed by atoms with Gasteiger partial charge in [-0.2, -0.15) is 0 Å². The van der Waals surface area contributed by atoms with Crippen molar-refractivity contribution in [3.63, 3.8) is 0 Å². The topological polar surface area (TPSA) is 26.9 Å². The first-order valence-electron chi connectivity index (χ1n) is 4.72. The highest BCUT2D eigenvalue weighted by molar-refractivity contribution is 6.35. The van der Waals surface area contributed by atoms with Gasteiger partial charge in [0.1, 0.15) is 0 Å². The molecule has 5 heteroatoms. The molecule has 0 spiro atoms. The molecule has 3 nitrogen and oxygen atoms in total. The average Bonchev–Trinajstić information content (AvgIpc) is 2.43. The van der Waals surface area contributed by atoms with E-state index in [9.17, 15) is 4.79 Å². The molecule has 84 valence electrons. The van der Waals surface area contributed by atoms with Crippen molar-refractivity contribution in [1.29, 1.82) is 0 Å². The second kappa shape index (κ2) is 4.00. The number of hydrogen-bond donors (Lipinski definition) is 0. The first kappa shape index (κ1) is 11.3. The number of hydrogen-bond acceptors (Lipinski definition) is 1. The van der Waals surface area contributed by atoms with Gasteiger partial charge >= 0.3 is 0 Å². The summed E-state index contributed by atoms with van der Waals surface area (Å²) in [4.78, 5) is 11.7. The lowest BCUT2D eigenvalue weighted by Crippen LogP contribution is -2.19. The molecule has 16 heavy (non-hydrogen) atoms. The lowest BCUT2D eigenvalue weighted by atomic mass is 10.3. The van der Waals surface area contributed by atoms with Gasteiger partial charge in [-0.15, -0.1) is 0 Å². The van der Waals surface area contributed by atoms with Gasteiger partial charge in [-0.1, -0.05) is 23.2 Å². The van der Waals surface area contributed by atoms with Crippen molar-refractivity contribution in [2.24, 2.45) is 7.05 Å². The minimum atomic E-state index is -0.107. The molecular weight excluding hydrogens is 247 g/mol. The summed E-state index contributed by atoms with van der Waals surface area (Å²) in [6.07, 6.45) is 0. The molecule has 0 aliphatic heterocycles. The van der Waals surface area contributed by atoms with E-state index in [4.69, 9.17) is 23.2 Å². The van der Waals surface area contributed by atoms with Gasteiger partial charge in [-0.3, -0.25) is 9.48 Å². The maximum Gasteiger partial charge on any atom is 0.271 e. The molecule has 0 N–H and O–H groups in total. The maximum absolute atomic E-state index is 11.7. The Balaban J connectivity index is 2.72. The molecule has 1 aromatic heterocycles. The molecule has 2 aromatic rings. The van der Waals surface area contributed by atoms with Gasteiger partial charge in [0.05, 0.1) is 10.7 Å². The van der Waals surface area contributed by atoms with E-state index in [1.807, 2.05) is 14.0 Å². The van der Waals surface area contributed by atoms with Gasteiger partial charge in [0, 0.05) is 23.8 Å². The molecule has 2 rings (SSSR count). The lowest BCUT2D eigenvalue weighted by molar-refractivity contribution is 0.630. The molecule has 0 bridgehead atoms. The van der Waals surface area contributed by atoms with E-state index in [1.165, 1.54) is 4.68 Å². The zero-order valence-corrected chi connectivity index (χ0v) is 10.4. The van der Waals surface area contributed by atoms with Crippen LogP contribution in [0.4, 0.5) is 0 Å². The molecule has 0 amide bonds. The second-order valence-corrected chi connectivity index (χ2v) is 4.40. The number of aromatic nitrogens is 2. The minimum absolute atomic E-state index is 0.107. The fourth-order valence-corrected chi connectivity index (χ4v) is 2.06. The van der Waals surface area contributed by atoms with Crippen LogP contribution < -0.4 is 5.56 Å². The van der Waals surface area contributed by atoms with Crippen LogP contribution in [0.1, 0.15) is 5.69 Å². The fraction of sp³-hybridized carbons (Fsp3) is 0.182. The van der Waals surface area contributed by atoms with Gasteiger partial charge < -0.3 is 0 Å². The van der Waals surface area contributed by atoms with Crippen molar-refractivity contribution in [3.05, 3.63) is 50.4 Å². The SMILES string of the molecule is Cc1cc(=O)n(-c2ccc(Cl)cc2Cl)n1C. The minimum Gasteiger partial charge on any atom is -0.285 e. The fourth-order valence-electron chi connectivity index (χ4n) is 1.57. The zero-order valence-electron chi connectivity index (χ0n) is 8.87. The van der Waals surface area contributed by atoms with Crippen molar-refractivity contribution >= 4 is 23.2 Å². The Morgan fingerprint density at radius 1 is 1.19 bits per heavy atom. The van der Waals surface area contributed by atoms with E-state index in [0.29, 0.717) is 15.7 Å². The van der Waals surface area contributed by atoms with E-state index >= 15 is 0 Å². The van der Waals surface area contributed by atoms with Gasteiger partial charge in [0.15, 0.2) is 0 Å². The van der Waals surface area contributed by atoms with Crippen molar-refractivity contribution in [3.8, 4) is 5.69 Å². The Labute approximate surface area is 103 Å². The molecule has 1 aromatic carbocycles. The number of nitrogens with zero attached hydrogens (tertiary/aromatic N) is 2. The van der Waals surface area contributed by atoms with Gasteiger partial charge in [-0.05, 0) is 25.1 Å². The third-order valence-electron chi connectivity index (χ3n) is 2.49. The molecule has 0 aliphatic rings. The summed E-state index contributed by atoms with van der Waals surface area (Å²) >= 11 is 11.9. The summed E-state index contributed by atoms with van der Waals surface area (Å²) in [5, 5.41) is 1.00. The van der Waals surface area contributed by atoms with Crippen LogP contribution in [0, 0.1) is 6.92 Å². The van der Waals surface area contributed by atoms with Crippen LogP contribution in [-0.4, -0.2) is 9.36 Å². The molecular formula is C11H10Cl2N2O. The van der Waals surface area contributed by atoms with Crippen LogP contribution in [0.3, 0.4) is 0 Å². The quantitative estimate of drug-likeness (QED) is 0.771. The van der Waals surface area contributed by atoms with Crippen LogP contribution in [0.25, 0.3) is 5.69 Å². The van der Waals surface area contributed by atoms with Crippen LogP contribution >= 0.6 is 23.2 Å². The van der Waals surface area contributed by atoms with Crippen molar-refractivity contribution < 1.29 is 0 Å². The van der Waals surface area contributed by atoms with Crippen molar-refractivity contribution in [2.75, 3.05) is 0 Å². The summed E-state index contributed by atoms with van der Waals surface area (Å²) in [5.41, 5.74) is 1.40. The van der Waals surface area contributed by atoms with Crippen LogP contribution in [0.2, 0.25) is 10.0 Å². The van der Waals surface area contributed by atoms with Crippen LogP contribution in [-0.2, 0) is 7.05 Å². The first-order valence-corrected chi connectivity index (χ1v) is 5.47. The first-order chi connectivity index (χ1) is 7.50. The third-order valence-corrected chi connectivity index (χ3v) is 3.03. The van der Waals surface area contributed by atoms with E-state index in [1.54, 1.807) is 28.9 Å². The Morgan fingerprint density at radius 3 is 2.38 bits per heavy atom. The Bertz CT molecular complexity index is 599. The van der Waals surface area contributed by atoms with Gasteiger partial charge in [-0.25, -0.2) is 4.68 Å². The number of halogens is 2. The number of rotatable bonds is 1. The van der Waals surface area contributed by atoms with E-state index < -0.39 is 0 Å². The zero-order chi connectivity index (χ0) is 11.9. The lowest BCUT2D eigenvalue weighted by Gasteiger charge is -2.10.